The van der Waals surface area contributed by atoms with Crippen molar-refractivity contribution in [1.82, 2.24) is 14.4 Å². The van der Waals surface area contributed by atoms with Gasteiger partial charge in [-0.3, -0.25) is 9.20 Å². The van der Waals surface area contributed by atoms with Crippen LogP contribution in [0.4, 0.5) is 5.69 Å². The van der Waals surface area contributed by atoms with Crippen LogP contribution >= 0.6 is 0 Å². The Kier molecular flexibility index (Phi) is 4.77. The van der Waals surface area contributed by atoms with Gasteiger partial charge in [-0.15, -0.1) is 0 Å². The van der Waals surface area contributed by atoms with Crippen LogP contribution in [0.15, 0.2) is 97.3 Å². The van der Waals surface area contributed by atoms with E-state index in [1.807, 2.05) is 90.3 Å². The molecule has 2 aromatic heterocycles. The second-order valence-electron chi connectivity index (χ2n) is 7.31. The molecule has 0 fully saturated rings. The number of hydrogen-bond donors (Lipinski definition) is 1. The highest BCUT2D eigenvalue weighted by atomic mass is 16.1. The largest absolute Gasteiger partial charge is 0.322 e. The van der Waals surface area contributed by atoms with Crippen molar-refractivity contribution >= 4 is 17.4 Å². The van der Waals surface area contributed by atoms with Gasteiger partial charge in [0.2, 0.25) is 5.78 Å². The van der Waals surface area contributed by atoms with Gasteiger partial charge in [-0.05, 0) is 48.4 Å². The predicted molar refractivity (Wildman–Crippen MR) is 123 cm³/mol. The molecule has 2 heterocycles. The second kappa shape index (κ2) is 7.88. The number of benzene rings is 3. The molecule has 150 valence electrons. The third-order valence-corrected chi connectivity index (χ3v) is 5.29. The SMILES string of the molecule is Cc1c(-c2cccc(NC(=O)c3ccc(-c4ccccc4)cc3)c2)nc2ncccn12. The lowest BCUT2D eigenvalue weighted by atomic mass is 10.0. The number of nitrogens with one attached hydrogen (secondary N) is 1. The Labute approximate surface area is 180 Å². The number of aromatic nitrogens is 3. The normalized spacial score (nSPS) is 10.9. The molecule has 1 amide bonds. The quantitative estimate of drug-likeness (QED) is 0.423. The summed E-state index contributed by atoms with van der Waals surface area (Å²) in [5, 5.41) is 2.99. The summed E-state index contributed by atoms with van der Waals surface area (Å²) in [6, 6.07) is 27.3. The zero-order valence-corrected chi connectivity index (χ0v) is 17.0. The average Bonchev–Trinajstić information content (AvgIpc) is 3.17. The van der Waals surface area contributed by atoms with E-state index in [2.05, 4.69) is 27.4 Å². The van der Waals surface area contributed by atoms with E-state index >= 15 is 0 Å². The maximum Gasteiger partial charge on any atom is 0.255 e. The number of amides is 1. The van der Waals surface area contributed by atoms with E-state index in [0.29, 0.717) is 11.3 Å². The molecule has 0 saturated carbocycles. The first-order chi connectivity index (χ1) is 15.2. The molecule has 5 nitrogen and oxygen atoms in total. The number of fused-ring (bicyclic) bond motifs is 1. The molecule has 0 aliphatic heterocycles. The minimum Gasteiger partial charge on any atom is -0.322 e. The Bertz CT molecular complexity index is 1370. The van der Waals surface area contributed by atoms with Crippen molar-refractivity contribution in [2.75, 3.05) is 5.32 Å². The molecule has 0 aliphatic carbocycles. The molecular weight excluding hydrogens is 384 g/mol. The number of nitrogens with zero attached hydrogens (tertiary/aromatic N) is 3. The van der Waals surface area contributed by atoms with Crippen molar-refractivity contribution < 1.29 is 4.79 Å². The van der Waals surface area contributed by atoms with Gasteiger partial charge in [0.1, 0.15) is 0 Å². The lowest BCUT2D eigenvalue weighted by molar-refractivity contribution is 0.102. The summed E-state index contributed by atoms with van der Waals surface area (Å²) in [6.45, 7) is 2.01. The van der Waals surface area contributed by atoms with Gasteiger partial charge in [-0.25, -0.2) is 9.97 Å². The number of carbonyl (C=O) groups excluding carboxylic acids is 1. The second-order valence-corrected chi connectivity index (χ2v) is 7.31. The van der Waals surface area contributed by atoms with Crippen LogP contribution in [-0.4, -0.2) is 20.3 Å². The summed E-state index contributed by atoms with van der Waals surface area (Å²) in [7, 11) is 0. The van der Waals surface area contributed by atoms with Gasteiger partial charge < -0.3 is 5.32 Å². The first kappa shape index (κ1) is 18.8. The minimum atomic E-state index is -0.148. The van der Waals surface area contributed by atoms with Crippen LogP contribution in [0.5, 0.6) is 0 Å². The molecule has 0 atom stereocenters. The summed E-state index contributed by atoms with van der Waals surface area (Å²) in [6.07, 6.45) is 3.67. The lowest BCUT2D eigenvalue weighted by Crippen LogP contribution is -2.11. The van der Waals surface area contributed by atoms with Crippen molar-refractivity contribution in [3.05, 3.63) is 109 Å². The maximum absolute atomic E-state index is 12.8. The lowest BCUT2D eigenvalue weighted by Gasteiger charge is -2.08. The van der Waals surface area contributed by atoms with E-state index in [-0.39, 0.29) is 5.91 Å². The van der Waals surface area contributed by atoms with Gasteiger partial charge in [0.25, 0.3) is 5.91 Å². The fourth-order valence-corrected chi connectivity index (χ4v) is 3.67. The van der Waals surface area contributed by atoms with Gasteiger partial charge in [-0.1, -0.05) is 54.6 Å². The highest BCUT2D eigenvalue weighted by Gasteiger charge is 2.12. The first-order valence-corrected chi connectivity index (χ1v) is 10.1. The molecule has 0 spiro atoms. The van der Waals surface area contributed by atoms with Crippen molar-refractivity contribution in [2.24, 2.45) is 0 Å². The van der Waals surface area contributed by atoms with Crippen molar-refractivity contribution in [3.8, 4) is 22.4 Å². The van der Waals surface area contributed by atoms with Crippen molar-refractivity contribution in [2.45, 2.75) is 6.92 Å². The standard InChI is InChI=1S/C26H20N4O/c1-18-24(29-26-27-15-6-16-30(18)26)22-9-5-10-23(17-22)28-25(31)21-13-11-20(12-14-21)19-7-3-2-4-8-19/h2-17H,1H3,(H,28,31). The molecular formula is C26H20N4O. The fraction of sp³-hybridized carbons (Fsp3) is 0.0385. The number of carbonyl (C=O) groups is 1. The van der Waals surface area contributed by atoms with Crippen molar-refractivity contribution in [3.63, 3.8) is 0 Å². The molecule has 0 bridgehead atoms. The molecule has 31 heavy (non-hydrogen) atoms. The molecule has 3 aromatic carbocycles. The Morgan fingerprint density at radius 2 is 1.58 bits per heavy atom. The number of hydrogen-bond acceptors (Lipinski definition) is 3. The van der Waals surface area contributed by atoms with Gasteiger partial charge in [0.05, 0.1) is 5.69 Å². The summed E-state index contributed by atoms with van der Waals surface area (Å²) in [5.41, 5.74) is 6.32. The van der Waals surface area contributed by atoms with Crippen LogP contribution in [0.2, 0.25) is 0 Å². The molecule has 5 heteroatoms. The Hall–Kier alpha value is -4.25. The number of anilines is 1. The maximum atomic E-state index is 12.8. The van der Waals surface area contributed by atoms with E-state index in [1.165, 1.54) is 0 Å². The Balaban J connectivity index is 1.38. The summed E-state index contributed by atoms with van der Waals surface area (Å²) < 4.78 is 1.95. The summed E-state index contributed by atoms with van der Waals surface area (Å²) in [5.74, 6) is 0.507. The van der Waals surface area contributed by atoms with Crippen LogP contribution in [0.25, 0.3) is 28.2 Å². The van der Waals surface area contributed by atoms with E-state index in [9.17, 15) is 4.79 Å². The highest BCUT2D eigenvalue weighted by molar-refractivity contribution is 6.04. The Morgan fingerprint density at radius 3 is 2.35 bits per heavy atom. The van der Waals surface area contributed by atoms with Crippen LogP contribution in [0.3, 0.4) is 0 Å². The van der Waals surface area contributed by atoms with E-state index in [1.54, 1.807) is 6.20 Å². The molecule has 0 saturated heterocycles. The number of rotatable bonds is 4. The number of imidazole rings is 1. The molecule has 1 N–H and O–H groups in total. The average molecular weight is 404 g/mol. The smallest absolute Gasteiger partial charge is 0.255 e. The zero-order valence-electron chi connectivity index (χ0n) is 17.0. The zero-order chi connectivity index (χ0) is 21.2. The third kappa shape index (κ3) is 3.69. The van der Waals surface area contributed by atoms with Gasteiger partial charge >= 0.3 is 0 Å². The van der Waals surface area contributed by atoms with E-state index in [4.69, 9.17) is 0 Å². The van der Waals surface area contributed by atoms with Gasteiger partial charge in [-0.2, -0.15) is 0 Å². The van der Waals surface area contributed by atoms with E-state index < -0.39 is 0 Å². The van der Waals surface area contributed by atoms with Gasteiger partial charge in [0.15, 0.2) is 0 Å². The number of aryl methyl sites for hydroxylation is 1. The van der Waals surface area contributed by atoms with E-state index in [0.717, 1.165) is 33.8 Å². The molecule has 0 radical (unpaired) electrons. The Morgan fingerprint density at radius 1 is 0.839 bits per heavy atom. The molecule has 5 aromatic rings. The monoisotopic (exact) mass is 404 g/mol. The van der Waals surface area contributed by atoms with Crippen LogP contribution in [0.1, 0.15) is 16.1 Å². The van der Waals surface area contributed by atoms with Crippen LogP contribution in [-0.2, 0) is 0 Å². The molecule has 5 rings (SSSR count). The summed E-state index contributed by atoms with van der Waals surface area (Å²) in [4.78, 5) is 21.7. The topological polar surface area (TPSA) is 59.3 Å². The summed E-state index contributed by atoms with van der Waals surface area (Å²) >= 11 is 0. The first-order valence-electron chi connectivity index (χ1n) is 10.1. The predicted octanol–water partition coefficient (Wildman–Crippen LogP) is 5.62. The van der Waals surface area contributed by atoms with Crippen molar-refractivity contribution in [1.29, 1.82) is 0 Å². The van der Waals surface area contributed by atoms with Crippen LogP contribution in [0, 0.1) is 6.92 Å². The van der Waals surface area contributed by atoms with Crippen LogP contribution < -0.4 is 5.32 Å². The fourth-order valence-electron chi connectivity index (χ4n) is 3.67. The third-order valence-electron chi connectivity index (χ3n) is 5.29. The molecule has 0 aliphatic rings. The highest BCUT2D eigenvalue weighted by Crippen LogP contribution is 2.26. The molecule has 0 unspecified atom stereocenters. The van der Waals surface area contributed by atoms with Gasteiger partial charge in [0, 0.05) is 34.9 Å². The minimum absolute atomic E-state index is 0.148.